The van der Waals surface area contributed by atoms with E-state index < -0.39 is 0 Å². The van der Waals surface area contributed by atoms with Crippen molar-refractivity contribution in [1.29, 1.82) is 0 Å². The zero-order chi connectivity index (χ0) is 11.2. The molecule has 0 aromatic heterocycles. The molecule has 1 saturated heterocycles. The number of hydrogen-bond acceptors (Lipinski definition) is 2. The van der Waals surface area contributed by atoms with E-state index in [1.165, 1.54) is 64.5 Å². The van der Waals surface area contributed by atoms with Crippen LogP contribution in [0.1, 0.15) is 58.3 Å². The Morgan fingerprint density at radius 3 is 2.50 bits per heavy atom. The molecule has 2 aliphatic rings. The van der Waals surface area contributed by atoms with Gasteiger partial charge in [0.15, 0.2) is 0 Å². The molecule has 0 amide bonds. The molecule has 2 atom stereocenters. The zero-order valence-corrected chi connectivity index (χ0v) is 10.8. The Morgan fingerprint density at radius 2 is 1.81 bits per heavy atom. The van der Waals surface area contributed by atoms with Crippen LogP contribution in [0.5, 0.6) is 0 Å². The molecule has 94 valence electrons. The summed E-state index contributed by atoms with van der Waals surface area (Å²) < 4.78 is 0. The lowest BCUT2D eigenvalue weighted by atomic mass is 9.84. The minimum Gasteiger partial charge on any atom is -0.313 e. The van der Waals surface area contributed by atoms with Crippen molar-refractivity contribution in [2.45, 2.75) is 70.4 Å². The second kappa shape index (κ2) is 6.61. The minimum atomic E-state index is 0.726. The molecule has 2 heteroatoms. The zero-order valence-electron chi connectivity index (χ0n) is 10.8. The van der Waals surface area contributed by atoms with Crippen LogP contribution in [-0.4, -0.2) is 25.2 Å². The molecule has 1 unspecified atom stereocenters. The van der Waals surface area contributed by atoms with Crippen LogP contribution in [0.2, 0.25) is 0 Å². The maximum absolute atomic E-state index is 3.76. The fourth-order valence-corrected chi connectivity index (χ4v) is 3.23. The molecule has 2 N–H and O–H groups in total. The molecule has 0 aromatic carbocycles. The minimum absolute atomic E-state index is 0.726. The summed E-state index contributed by atoms with van der Waals surface area (Å²) in [5.74, 6) is 0.942. The third-order valence-corrected chi connectivity index (χ3v) is 4.46. The Morgan fingerprint density at radius 1 is 1.06 bits per heavy atom. The number of nitrogens with one attached hydrogen (secondary N) is 2. The van der Waals surface area contributed by atoms with Crippen LogP contribution in [0.15, 0.2) is 0 Å². The van der Waals surface area contributed by atoms with Gasteiger partial charge >= 0.3 is 0 Å². The predicted molar refractivity (Wildman–Crippen MR) is 69.7 cm³/mol. The molecule has 0 aromatic rings. The third kappa shape index (κ3) is 3.74. The Balaban J connectivity index is 1.63. The van der Waals surface area contributed by atoms with Gasteiger partial charge < -0.3 is 10.6 Å². The molecular formula is C14H28N2. The van der Waals surface area contributed by atoms with E-state index >= 15 is 0 Å². The quantitative estimate of drug-likeness (QED) is 0.767. The van der Waals surface area contributed by atoms with E-state index in [0.717, 1.165) is 18.0 Å². The molecule has 2 nitrogen and oxygen atoms in total. The van der Waals surface area contributed by atoms with Crippen molar-refractivity contribution in [2.24, 2.45) is 5.92 Å². The topological polar surface area (TPSA) is 24.1 Å². The van der Waals surface area contributed by atoms with Gasteiger partial charge in [-0.05, 0) is 45.1 Å². The van der Waals surface area contributed by atoms with Gasteiger partial charge in [-0.2, -0.15) is 0 Å². The standard InChI is InChI=1S/C14H28N2/c1-12(13-7-3-2-4-8-13)16-11-14-9-5-6-10-15-14/h12-16H,2-11H2,1H3/t12-,14?/m1/s1. The molecular weight excluding hydrogens is 196 g/mol. The average Bonchev–Trinajstić information content (AvgIpc) is 2.38. The average molecular weight is 224 g/mol. The summed E-state index contributed by atoms with van der Waals surface area (Å²) >= 11 is 0. The summed E-state index contributed by atoms with van der Waals surface area (Å²) in [5, 5.41) is 7.37. The van der Waals surface area contributed by atoms with Crippen LogP contribution < -0.4 is 10.6 Å². The largest absolute Gasteiger partial charge is 0.313 e. The molecule has 0 spiro atoms. The lowest BCUT2D eigenvalue weighted by Crippen LogP contribution is -2.46. The highest BCUT2D eigenvalue weighted by Gasteiger charge is 2.20. The molecule has 2 rings (SSSR count). The van der Waals surface area contributed by atoms with E-state index in [1.54, 1.807) is 0 Å². The molecule has 16 heavy (non-hydrogen) atoms. The number of hydrogen-bond donors (Lipinski definition) is 2. The highest BCUT2D eigenvalue weighted by atomic mass is 15.0. The number of rotatable bonds is 4. The van der Waals surface area contributed by atoms with Gasteiger partial charge in [0.1, 0.15) is 0 Å². The van der Waals surface area contributed by atoms with Crippen molar-refractivity contribution in [1.82, 2.24) is 10.6 Å². The smallest absolute Gasteiger partial charge is 0.0192 e. The first kappa shape index (κ1) is 12.4. The normalized spacial score (nSPS) is 30.2. The fourth-order valence-electron chi connectivity index (χ4n) is 3.23. The van der Waals surface area contributed by atoms with Gasteiger partial charge in [0, 0.05) is 18.6 Å². The molecule has 1 aliphatic heterocycles. The van der Waals surface area contributed by atoms with Crippen LogP contribution in [0.25, 0.3) is 0 Å². The van der Waals surface area contributed by atoms with Gasteiger partial charge in [-0.1, -0.05) is 25.7 Å². The van der Waals surface area contributed by atoms with Gasteiger partial charge in [-0.15, -0.1) is 0 Å². The fraction of sp³-hybridized carbons (Fsp3) is 1.00. The van der Waals surface area contributed by atoms with E-state index in [4.69, 9.17) is 0 Å². The Kier molecular flexibility index (Phi) is 5.11. The summed E-state index contributed by atoms with van der Waals surface area (Å²) in [6.07, 6.45) is 11.4. The second-order valence-corrected chi connectivity index (χ2v) is 5.74. The van der Waals surface area contributed by atoms with Crippen LogP contribution in [0.4, 0.5) is 0 Å². The van der Waals surface area contributed by atoms with Crippen molar-refractivity contribution in [3.63, 3.8) is 0 Å². The summed E-state index contributed by atoms with van der Waals surface area (Å²) in [4.78, 5) is 0. The summed E-state index contributed by atoms with van der Waals surface area (Å²) in [7, 11) is 0. The first-order chi connectivity index (χ1) is 7.86. The molecule has 0 bridgehead atoms. The maximum Gasteiger partial charge on any atom is 0.0192 e. The molecule has 1 saturated carbocycles. The second-order valence-electron chi connectivity index (χ2n) is 5.74. The van der Waals surface area contributed by atoms with E-state index in [9.17, 15) is 0 Å². The predicted octanol–water partition coefficient (Wildman–Crippen LogP) is 2.69. The van der Waals surface area contributed by atoms with Crippen LogP contribution >= 0.6 is 0 Å². The van der Waals surface area contributed by atoms with E-state index in [1.807, 2.05) is 0 Å². The van der Waals surface area contributed by atoms with Crippen molar-refractivity contribution in [3.8, 4) is 0 Å². The summed E-state index contributed by atoms with van der Waals surface area (Å²) in [6, 6.07) is 1.46. The SMILES string of the molecule is C[C@@H](NCC1CCCCN1)C1CCCCC1. The van der Waals surface area contributed by atoms with Crippen LogP contribution in [-0.2, 0) is 0 Å². The third-order valence-electron chi connectivity index (χ3n) is 4.46. The van der Waals surface area contributed by atoms with Crippen molar-refractivity contribution in [3.05, 3.63) is 0 Å². The summed E-state index contributed by atoms with van der Waals surface area (Å²) in [5.41, 5.74) is 0. The first-order valence-electron chi connectivity index (χ1n) is 7.33. The Bertz CT molecular complexity index is 181. The van der Waals surface area contributed by atoms with Gasteiger partial charge in [0.2, 0.25) is 0 Å². The van der Waals surface area contributed by atoms with Gasteiger partial charge in [0.05, 0.1) is 0 Å². The lowest BCUT2D eigenvalue weighted by Gasteiger charge is -2.31. The van der Waals surface area contributed by atoms with Crippen molar-refractivity contribution >= 4 is 0 Å². The van der Waals surface area contributed by atoms with Gasteiger partial charge in [-0.3, -0.25) is 0 Å². The monoisotopic (exact) mass is 224 g/mol. The molecule has 2 fully saturated rings. The van der Waals surface area contributed by atoms with Gasteiger partial charge in [-0.25, -0.2) is 0 Å². The molecule has 1 aliphatic carbocycles. The first-order valence-corrected chi connectivity index (χ1v) is 7.33. The maximum atomic E-state index is 3.76. The van der Waals surface area contributed by atoms with E-state index in [2.05, 4.69) is 17.6 Å². The van der Waals surface area contributed by atoms with E-state index in [-0.39, 0.29) is 0 Å². The summed E-state index contributed by atoms with van der Waals surface area (Å²) in [6.45, 7) is 4.79. The molecule has 0 radical (unpaired) electrons. The Hall–Kier alpha value is -0.0800. The lowest BCUT2D eigenvalue weighted by molar-refractivity contribution is 0.268. The highest BCUT2D eigenvalue weighted by molar-refractivity contribution is 4.80. The number of piperidine rings is 1. The van der Waals surface area contributed by atoms with Crippen molar-refractivity contribution in [2.75, 3.05) is 13.1 Å². The molecule has 1 heterocycles. The van der Waals surface area contributed by atoms with Crippen LogP contribution in [0, 0.1) is 5.92 Å². The Labute approximate surface area is 101 Å². The van der Waals surface area contributed by atoms with Crippen LogP contribution in [0.3, 0.4) is 0 Å². The van der Waals surface area contributed by atoms with Crippen molar-refractivity contribution < 1.29 is 0 Å². The highest BCUT2D eigenvalue weighted by Crippen LogP contribution is 2.26. The van der Waals surface area contributed by atoms with E-state index in [0.29, 0.717) is 0 Å². The van der Waals surface area contributed by atoms with Gasteiger partial charge in [0.25, 0.3) is 0 Å².